The zero-order valence-corrected chi connectivity index (χ0v) is 68.2. The minimum Gasteiger partial charge on any atom is -0.481 e. The first kappa shape index (κ1) is 95.6. The van der Waals surface area contributed by atoms with Crippen molar-refractivity contribution in [3.8, 4) is 0 Å². The van der Waals surface area contributed by atoms with E-state index in [1.807, 2.05) is 189 Å². The van der Waals surface area contributed by atoms with Gasteiger partial charge in [0.2, 0.25) is 0 Å². The summed E-state index contributed by atoms with van der Waals surface area (Å²) < 4.78 is 63.1. The Balaban J connectivity index is 0.000000247. The number of rotatable bonds is 17. The smallest absolute Gasteiger partial charge is 0.410 e. The number of aliphatic hydroxyl groups excluding tert-OH is 1. The van der Waals surface area contributed by atoms with Crippen LogP contribution in [0.25, 0.3) is 0 Å². The Morgan fingerprint density at radius 3 is 0.965 bits per heavy atom. The highest BCUT2D eigenvalue weighted by atomic mass is 32.2. The Labute approximate surface area is 675 Å². The van der Waals surface area contributed by atoms with E-state index in [1.165, 1.54) is 9.80 Å². The molecule has 0 aliphatic carbocycles. The number of carbonyl (C=O) groups excluding carboxylic acids is 7. The first-order valence-corrected chi connectivity index (χ1v) is 40.2. The summed E-state index contributed by atoms with van der Waals surface area (Å²) in [5.41, 5.74) is 2.58. The van der Waals surface area contributed by atoms with Crippen LogP contribution >= 0.6 is 0 Å². The van der Waals surface area contributed by atoms with Gasteiger partial charge >= 0.3 is 48.6 Å². The predicted molar refractivity (Wildman–Crippen MR) is 430 cm³/mol. The summed E-state index contributed by atoms with van der Waals surface area (Å²) in [5, 5.41) is 24.0. The van der Waals surface area contributed by atoms with Gasteiger partial charge in [0.05, 0.1) is 18.8 Å². The highest BCUT2D eigenvalue weighted by Gasteiger charge is 2.39. The van der Waals surface area contributed by atoms with Gasteiger partial charge in [0.1, 0.15) is 43.2 Å². The second-order valence-electron chi connectivity index (χ2n) is 31.9. The zero-order chi connectivity index (χ0) is 81.4. The van der Waals surface area contributed by atoms with E-state index in [0.29, 0.717) is 58.4 Å². The van der Waals surface area contributed by atoms with Gasteiger partial charge in [-0.15, -0.1) is 0 Å². The van der Waals surface area contributed by atoms with Gasteiger partial charge in [0, 0.05) is 190 Å². The molecule has 8 saturated heterocycles. The van der Waals surface area contributed by atoms with E-state index in [-0.39, 0.29) is 109 Å². The standard InChI is InChI=1S/C21H31N3O4.C13H25N3O2.C13H17NO5S.C12H13NO4.C12H15NO3.C9H18N2O2.CH4.B/c1-21(2,3)28-20(26)23-11-9-22(10-12-23)13-18-14-24(15-18)19(25)27-16-17-7-5-4-6-8-17;1-13(2,3)18-12(17)16-6-4-15(5-7-16)10-11-8-14-9-11;1-20(16,17)19-10-12-7-14(8-12)13(15)18-9-11-5-3-2-4-6-11;14-11(15)10-6-13(7-10)12(16)17-8-9-4-2-1-3-5-9;14-8-11-6-13(7-11)12(15)16-9-10-4-2-1-3-5-10;1-9(2,3)13-8(12)11-6-4-10-5-7-11;;/h4-8,18H,9-16H2,1-3H3;11,14H,4-10H2,1-3H3;2-6,12H,7-10H2,1H3;1-5,10H,6-8H2,(H,14,15);1-5,11,14H,6-9H2;10H,4-7H2,1-3H3;1H4;. The molecule has 0 bridgehead atoms. The number of carboxylic acids is 1. The first-order chi connectivity index (χ1) is 53.1. The van der Waals surface area contributed by atoms with Crippen molar-refractivity contribution < 1.29 is 94.3 Å². The van der Waals surface area contributed by atoms with Crippen LogP contribution in [0.2, 0.25) is 0 Å². The summed E-state index contributed by atoms with van der Waals surface area (Å²) in [7, 11) is -3.41. The van der Waals surface area contributed by atoms with Crippen LogP contribution in [0.1, 0.15) is 92.0 Å². The number of likely N-dealkylation sites (tertiary alicyclic amines) is 4. The quantitative estimate of drug-likeness (QED) is 0.0437. The largest absolute Gasteiger partial charge is 0.481 e. The molecule has 8 aliphatic heterocycles. The number of ether oxygens (including phenoxy) is 7. The minimum absolute atomic E-state index is 0. The minimum atomic E-state index is -3.41. The molecule has 0 atom stereocenters. The van der Waals surface area contributed by atoms with Crippen LogP contribution in [-0.2, 0) is 78.7 Å². The summed E-state index contributed by atoms with van der Waals surface area (Å²) in [5.74, 6) is 0.241. The number of carboxylic acid groups (broad SMARTS) is 1. The molecule has 631 valence electrons. The molecule has 8 aliphatic rings. The average Bonchev–Trinajstić information content (AvgIpc) is 0.858. The molecule has 7 amide bonds. The van der Waals surface area contributed by atoms with Crippen LogP contribution in [0.4, 0.5) is 33.6 Å². The molecular formula is C81H123BN11O20S. The molecular weight excluding hydrogens is 1490 g/mol. The van der Waals surface area contributed by atoms with Gasteiger partial charge in [-0.25, -0.2) is 33.6 Å². The van der Waals surface area contributed by atoms with Crippen molar-refractivity contribution in [2.45, 2.75) is 113 Å². The lowest BCUT2D eigenvalue weighted by Crippen LogP contribution is -2.57. The molecule has 8 fully saturated rings. The fourth-order valence-corrected chi connectivity index (χ4v) is 12.4. The molecule has 8 heterocycles. The SMILES string of the molecule is C.CC(C)(C)OC(=O)N1CCN(CC2CN(C(=O)OCc3ccccc3)C2)CC1.CC(C)(C)OC(=O)N1CCN(CC2CNC2)CC1.CC(C)(C)OC(=O)N1CCNCC1.CS(=O)(=O)OCC1CN(C(=O)OCc2ccccc2)C1.O=C(O)C1CN(C(=O)OCc2ccccc2)C1.O=C(OCc1ccccc1)N1CC(CO)C1.[B]. The topological polar surface area (TPSA) is 338 Å². The Hall–Kier alpha value is -8.99. The molecule has 0 unspecified atom stereocenters. The van der Waals surface area contributed by atoms with Crippen LogP contribution in [0, 0.1) is 29.6 Å². The highest BCUT2D eigenvalue weighted by molar-refractivity contribution is 7.86. The van der Waals surface area contributed by atoms with Crippen LogP contribution < -0.4 is 10.6 Å². The third kappa shape index (κ3) is 36.2. The van der Waals surface area contributed by atoms with Crippen LogP contribution in [0.15, 0.2) is 121 Å². The second-order valence-corrected chi connectivity index (χ2v) is 33.5. The third-order valence-corrected chi connectivity index (χ3v) is 19.0. The Bertz CT molecular complexity index is 3650. The molecule has 4 aromatic carbocycles. The van der Waals surface area contributed by atoms with Crippen molar-refractivity contribution >= 4 is 67.2 Å². The average molecular weight is 1610 g/mol. The molecule has 12 rings (SSSR count). The van der Waals surface area contributed by atoms with Gasteiger partial charge in [-0.2, -0.15) is 8.42 Å². The number of aliphatic hydroxyl groups is 1. The van der Waals surface area contributed by atoms with Crippen molar-refractivity contribution in [2.75, 3.05) is 177 Å². The number of amides is 7. The Kier molecular flexibility index (Phi) is 39.5. The van der Waals surface area contributed by atoms with Crippen molar-refractivity contribution in [3.63, 3.8) is 0 Å². The third-order valence-electron chi connectivity index (χ3n) is 18.4. The van der Waals surface area contributed by atoms with Gasteiger partial charge in [-0.3, -0.25) is 18.8 Å². The van der Waals surface area contributed by atoms with Crippen molar-refractivity contribution in [2.24, 2.45) is 29.6 Å². The normalized spacial score (nSPS) is 17.5. The zero-order valence-electron chi connectivity index (χ0n) is 67.4. The Morgan fingerprint density at radius 2 is 0.684 bits per heavy atom. The molecule has 0 spiro atoms. The maximum Gasteiger partial charge on any atom is 0.410 e. The number of benzene rings is 4. The van der Waals surface area contributed by atoms with E-state index in [2.05, 4.69) is 24.6 Å². The van der Waals surface area contributed by atoms with Crippen LogP contribution in [-0.4, -0.2) is 313 Å². The van der Waals surface area contributed by atoms with E-state index in [9.17, 15) is 46.8 Å². The number of nitrogens with zero attached hydrogens (tertiary/aromatic N) is 9. The monoisotopic (exact) mass is 1610 g/mol. The lowest BCUT2D eigenvalue weighted by Gasteiger charge is -2.43. The molecule has 4 N–H and O–H groups in total. The molecule has 0 aromatic heterocycles. The summed E-state index contributed by atoms with van der Waals surface area (Å²) in [4.78, 5) is 109. The number of hydrogen-bond donors (Lipinski definition) is 4. The Morgan fingerprint density at radius 1 is 0.395 bits per heavy atom. The number of aliphatic carboxylic acids is 1. The molecule has 0 saturated carbocycles. The van der Waals surface area contributed by atoms with Crippen molar-refractivity contribution in [1.82, 2.24) is 54.7 Å². The van der Waals surface area contributed by atoms with Gasteiger partial charge in [0.15, 0.2) is 0 Å². The maximum absolute atomic E-state index is 12.1. The van der Waals surface area contributed by atoms with E-state index < -0.39 is 39.3 Å². The lowest BCUT2D eigenvalue weighted by molar-refractivity contribution is -0.146. The number of hydrogen-bond acceptors (Lipinski definition) is 23. The van der Waals surface area contributed by atoms with E-state index >= 15 is 0 Å². The lowest BCUT2D eigenvalue weighted by atomic mass is 10.00. The van der Waals surface area contributed by atoms with Crippen molar-refractivity contribution in [3.05, 3.63) is 144 Å². The number of nitrogens with one attached hydrogen (secondary N) is 2. The summed E-state index contributed by atoms with van der Waals surface area (Å²) in [6, 6.07) is 38.1. The predicted octanol–water partition coefficient (Wildman–Crippen LogP) is 8.47. The maximum atomic E-state index is 12.1. The molecule has 33 heteroatoms. The van der Waals surface area contributed by atoms with Gasteiger partial charge in [-0.1, -0.05) is 129 Å². The van der Waals surface area contributed by atoms with Crippen LogP contribution in [0.3, 0.4) is 0 Å². The molecule has 3 radical (unpaired) electrons. The molecule has 31 nitrogen and oxygen atoms in total. The molecule has 4 aromatic rings. The fourth-order valence-electron chi connectivity index (χ4n) is 12.0. The number of carbonyl (C=O) groups is 8. The summed E-state index contributed by atoms with van der Waals surface area (Å²) >= 11 is 0. The summed E-state index contributed by atoms with van der Waals surface area (Å²) in [6.07, 6.45) is -0.971. The van der Waals surface area contributed by atoms with Crippen LogP contribution in [0.5, 0.6) is 0 Å². The van der Waals surface area contributed by atoms with Gasteiger partial charge in [-0.05, 0) is 90.5 Å². The van der Waals surface area contributed by atoms with E-state index in [0.717, 1.165) is 139 Å². The summed E-state index contributed by atoms with van der Waals surface area (Å²) in [6.45, 7) is 36.6. The van der Waals surface area contributed by atoms with Crippen molar-refractivity contribution in [1.29, 1.82) is 0 Å². The highest BCUT2D eigenvalue weighted by Crippen LogP contribution is 2.24. The van der Waals surface area contributed by atoms with Gasteiger partial charge < -0.3 is 88.3 Å². The fraction of sp³-hybridized carbons (Fsp3) is 0.605. The first-order valence-electron chi connectivity index (χ1n) is 38.4. The second kappa shape index (κ2) is 47.1. The van der Waals surface area contributed by atoms with E-state index in [4.69, 9.17) is 43.4 Å². The van der Waals surface area contributed by atoms with Gasteiger partial charge in [0.25, 0.3) is 10.1 Å². The number of piperazine rings is 3. The molecule has 114 heavy (non-hydrogen) atoms. The van der Waals surface area contributed by atoms with E-state index in [1.54, 1.807) is 19.6 Å².